The SMILES string of the molecule is COC(=O)C[C@H]1CC[C@H](Oc2ccc(-c3ccc(-c4nc5ccccc5[nH]4)c(F)c3)cn2)CC1. The van der Waals surface area contributed by atoms with Crippen molar-refractivity contribution in [3.63, 3.8) is 0 Å². The first-order valence-corrected chi connectivity index (χ1v) is 11.5. The summed E-state index contributed by atoms with van der Waals surface area (Å²) >= 11 is 0. The van der Waals surface area contributed by atoms with Gasteiger partial charge in [0.05, 0.1) is 23.7 Å². The minimum atomic E-state index is -0.347. The maximum Gasteiger partial charge on any atom is 0.305 e. The Morgan fingerprint density at radius 3 is 2.56 bits per heavy atom. The minimum absolute atomic E-state index is 0.0905. The molecular weight excluding hydrogens is 433 g/mol. The molecule has 2 aromatic carbocycles. The fraction of sp³-hybridized carbons (Fsp3) is 0.296. The molecule has 7 heteroatoms. The first-order valence-electron chi connectivity index (χ1n) is 11.5. The third-order valence-corrected chi connectivity index (χ3v) is 6.45. The molecule has 0 atom stereocenters. The van der Waals surface area contributed by atoms with E-state index in [2.05, 4.69) is 15.0 Å². The summed E-state index contributed by atoms with van der Waals surface area (Å²) in [4.78, 5) is 23.5. The highest BCUT2D eigenvalue weighted by Crippen LogP contribution is 2.31. The van der Waals surface area contributed by atoms with Gasteiger partial charge in [-0.3, -0.25) is 4.79 Å². The molecule has 1 aliphatic carbocycles. The van der Waals surface area contributed by atoms with Crippen LogP contribution in [0.5, 0.6) is 5.88 Å². The van der Waals surface area contributed by atoms with Gasteiger partial charge in [0.1, 0.15) is 17.7 Å². The predicted octanol–water partition coefficient (Wildman–Crippen LogP) is 5.93. The summed E-state index contributed by atoms with van der Waals surface area (Å²) in [6.07, 6.45) is 5.92. The van der Waals surface area contributed by atoms with Crippen molar-refractivity contribution in [3.05, 3.63) is 66.6 Å². The molecule has 34 heavy (non-hydrogen) atoms. The van der Waals surface area contributed by atoms with Crippen LogP contribution >= 0.6 is 0 Å². The molecule has 1 aliphatic rings. The average molecular weight is 460 g/mol. The monoisotopic (exact) mass is 459 g/mol. The van der Waals surface area contributed by atoms with Crippen molar-refractivity contribution in [3.8, 4) is 28.4 Å². The van der Waals surface area contributed by atoms with Gasteiger partial charge >= 0.3 is 5.97 Å². The minimum Gasteiger partial charge on any atom is -0.474 e. The van der Waals surface area contributed by atoms with Crippen molar-refractivity contribution >= 4 is 17.0 Å². The van der Waals surface area contributed by atoms with Gasteiger partial charge in [-0.25, -0.2) is 14.4 Å². The predicted molar refractivity (Wildman–Crippen MR) is 128 cm³/mol. The van der Waals surface area contributed by atoms with Crippen molar-refractivity contribution in [1.82, 2.24) is 15.0 Å². The van der Waals surface area contributed by atoms with E-state index in [4.69, 9.17) is 9.47 Å². The Morgan fingerprint density at radius 1 is 1.06 bits per heavy atom. The fourth-order valence-corrected chi connectivity index (χ4v) is 4.53. The first kappa shape index (κ1) is 22.1. The molecule has 6 nitrogen and oxygen atoms in total. The van der Waals surface area contributed by atoms with Crippen LogP contribution in [0.4, 0.5) is 4.39 Å². The highest BCUT2D eigenvalue weighted by atomic mass is 19.1. The zero-order valence-corrected chi connectivity index (χ0v) is 19.0. The second-order valence-corrected chi connectivity index (χ2v) is 8.72. The van der Waals surface area contributed by atoms with Crippen molar-refractivity contribution in [2.75, 3.05) is 7.11 Å². The fourth-order valence-electron chi connectivity index (χ4n) is 4.53. The van der Waals surface area contributed by atoms with E-state index in [-0.39, 0.29) is 17.9 Å². The number of aromatic nitrogens is 3. The topological polar surface area (TPSA) is 77.1 Å². The summed E-state index contributed by atoms with van der Waals surface area (Å²) in [7, 11) is 1.43. The smallest absolute Gasteiger partial charge is 0.305 e. The number of pyridine rings is 1. The number of aromatic amines is 1. The molecule has 0 amide bonds. The van der Waals surface area contributed by atoms with Crippen LogP contribution in [0.25, 0.3) is 33.5 Å². The number of carbonyl (C=O) groups is 1. The third-order valence-electron chi connectivity index (χ3n) is 6.45. The molecule has 1 N–H and O–H groups in total. The summed E-state index contributed by atoms with van der Waals surface area (Å²) in [5.41, 5.74) is 3.65. The maximum absolute atomic E-state index is 14.9. The van der Waals surface area contributed by atoms with Gasteiger partial charge in [-0.1, -0.05) is 18.2 Å². The van der Waals surface area contributed by atoms with Crippen LogP contribution in [0.3, 0.4) is 0 Å². The summed E-state index contributed by atoms with van der Waals surface area (Å²) in [5, 5.41) is 0. The van der Waals surface area contributed by atoms with Crippen LogP contribution in [-0.2, 0) is 9.53 Å². The van der Waals surface area contributed by atoms with Gasteiger partial charge in [0, 0.05) is 24.2 Å². The Hall–Kier alpha value is -3.74. The molecule has 1 saturated carbocycles. The number of nitrogens with zero attached hydrogens (tertiary/aromatic N) is 2. The van der Waals surface area contributed by atoms with E-state index in [0.29, 0.717) is 29.6 Å². The second-order valence-electron chi connectivity index (χ2n) is 8.72. The number of hydrogen-bond acceptors (Lipinski definition) is 5. The molecule has 2 aromatic heterocycles. The average Bonchev–Trinajstić information content (AvgIpc) is 3.29. The van der Waals surface area contributed by atoms with Gasteiger partial charge in [-0.15, -0.1) is 0 Å². The number of benzene rings is 2. The lowest BCUT2D eigenvalue weighted by Crippen LogP contribution is -2.25. The Bertz CT molecular complexity index is 1260. The van der Waals surface area contributed by atoms with Crippen molar-refractivity contribution in [2.24, 2.45) is 5.92 Å². The lowest BCUT2D eigenvalue weighted by atomic mass is 9.85. The van der Waals surface area contributed by atoms with E-state index in [0.717, 1.165) is 47.8 Å². The maximum atomic E-state index is 14.9. The number of hydrogen-bond donors (Lipinski definition) is 1. The molecule has 5 rings (SSSR count). The number of rotatable bonds is 6. The van der Waals surface area contributed by atoms with Crippen LogP contribution in [0.1, 0.15) is 32.1 Å². The molecule has 0 unspecified atom stereocenters. The quantitative estimate of drug-likeness (QED) is 0.362. The highest BCUT2D eigenvalue weighted by molar-refractivity contribution is 5.80. The zero-order chi connectivity index (χ0) is 23.5. The third kappa shape index (κ3) is 4.78. The Kier molecular flexibility index (Phi) is 6.25. The van der Waals surface area contributed by atoms with Gasteiger partial charge in [0.2, 0.25) is 5.88 Å². The lowest BCUT2D eigenvalue weighted by molar-refractivity contribution is -0.142. The number of H-pyrrole nitrogens is 1. The molecule has 0 aliphatic heterocycles. The number of para-hydroxylation sites is 2. The largest absolute Gasteiger partial charge is 0.474 e. The van der Waals surface area contributed by atoms with Crippen molar-refractivity contribution in [1.29, 1.82) is 0 Å². The Morgan fingerprint density at radius 2 is 1.85 bits per heavy atom. The molecule has 0 radical (unpaired) electrons. The van der Waals surface area contributed by atoms with E-state index in [1.807, 2.05) is 42.5 Å². The number of esters is 1. The molecule has 2 heterocycles. The van der Waals surface area contributed by atoms with Crippen LogP contribution in [0, 0.1) is 11.7 Å². The van der Waals surface area contributed by atoms with Gasteiger partial charge in [0.25, 0.3) is 0 Å². The van der Waals surface area contributed by atoms with Gasteiger partial charge in [0.15, 0.2) is 0 Å². The number of methoxy groups -OCH3 is 1. The molecule has 4 aromatic rings. The van der Waals surface area contributed by atoms with Crippen molar-refractivity contribution < 1.29 is 18.7 Å². The number of fused-ring (bicyclic) bond motifs is 1. The number of halogens is 1. The number of nitrogens with one attached hydrogen (secondary N) is 1. The normalized spacial score (nSPS) is 18.1. The first-order chi connectivity index (χ1) is 16.6. The van der Waals surface area contributed by atoms with Gasteiger partial charge in [-0.05, 0) is 67.5 Å². The van der Waals surface area contributed by atoms with E-state index >= 15 is 0 Å². The molecule has 1 fully saturated rings. The Balaban J connectivity index is 1.23. The summed E-state index contributed by atoms with van der Waals surface area (Å²) in [6, 6.07) is 16.4. The Labute approximate surface area is 197 Å². The van der Waals surface area contributed by atoms with Gasteiger partial charge in [-0.2, -0.15) is 0 Å². The number of imidazole rings is 1. The molecule has 0 saturated heterocycles. The van der Waals surface area contributed by atoms with Gasteiger partial charge < -0.3 is 14.5 Å². The number of carbonyl (C=O) groups excluding carboxylic acids is 1. The lowest BCUT2D eigenvalue weighted by Gasteiger charge is -2.28. The van der Waals surface area contributed by atoms with E-state index < -0.39 is 0 Å². The summed E-state index contributed by atoms with van der Waals surface area (Å²) in [5.74, 6) is 0.928. The van der Waals surface area contributed by atoms with E-state index in [1.165, 1.54) is 13.2 Å². The van der Waals surface area contributed by atoms with E-state index in [9.17, 15) is 9.18 Å². The summed E-state index contributed by atoms with van der Waals surface area (Å²) in [6.45, 7) is 0. The van der Waals surface area contributed by atoms with Crippen molar-refractivity contribution in [2.45, 2.75) is 38.2 Å². The van der Waals surface area contributed by atoms with Crippen LogP contribution in [0.2, 0.25) is 0 Å². The van der Waals surface area contributed by atoms with Crippen LogP contribution in [-0.4, -0.2) is 34.1 Å². The van der Waals surface area contributed by atoms with E-state index in [1.54, 1.807) is 12.3 Å². The molecule has 174 valence electrons. The number of ether oxygens (including phenoxy) is 2. The standard InChI is InChI=1S/C27H26FN3O3/c1-33-26(32)14-17-6-10-20(11-7-17)34-25-13-9-19(16-29-25)18-8-12-21(22(28)15-18)27-30-23-4-2-3-5-24(23)31-27/h2-5,8-9,12-13,15-17,20H,6-7,10-11,14H2,1H3,(H,30,31)/t17-,20-. The molecule has 0 spiro atoms. The van der Waals surface area contributed by atoms with Crippen LogP contribution < -0.4 is 4.74 Å². The molecular formula is C27H26FN3O3. The molecule has 0 bridgehead atoms. The zero-order valence-electron chi connectivity index (χ0n) is 19.0. The summed E-state index contributed by atoms with van der Waals surface area (Å²) < 4.78 is 25.7. The second kappa shape index (κ2) is 9.63. The van der Waals surface area contributed by atoms with Crippen LogP contribution in [0.15, 0.2) is 60.8 Å². The highest BCUT2D eigenvalue weighted by Gasteiger charge is 2.24.